The SMILES string of the molecule is CCCNCc1ccncc1N1CC(C)OC(C)(C)C1. The Kier molecular flexibility index (Phi) is 5.00. The number of rotatable bonds is 5. The fourth-order valence-corrected chi connectivity index (χ4v) is 2.89. The van der Waals surface area contributed by atoms with E-state index in [1.807, 2.05) is 12.4 Å². The highest BCUT2D eigenvalue weighted by molar-refractivity contribution is 5.52. The van der Waals surface area contributed by atoms with Gasteiger partial charge < -0.3 is 15.0 Å². The minimum absolute atomic E-state index is 0.109. The van der Waals surface area contributed by atoms with E-state index in [4.69, 9.17) is 4.74 Å². The first-order valence-electron chi connectivity index (χ1n) is 7.58. The third-order valence-electron chi connectivity index (χ3n) is 3.54. The molecule has 1 aliphatic rings. The van der Waals surface area contributed by atoms with Gasteiger partial charge in [0.05, 0.1) is 23.6 Å². The molecular weight excluding hydrogens is 250 g/mol. The predicted octanol–water partition coefficient (Wildman–Crippen LogP) is 2.58. The number of pyridine rings is 1. The standard InChI is InChI=1S/C16H27N3O/c1-5-7-17-9-14-6-8-18-10-15(14)19-11-13(2)20-16(3,4)12-19/h6,8,10,13,17H,5,7,9,11-12H2,1-4H3. The smallest absolute Gasteiger partial charge is 0.0805 e. The maximum Gasteiger partial charge on any atom is 0.0805 e. The second-order valence-corrected chi connectivity index (χ2v) is 6.25. The Morgan fingerprint density at radius 3 is 3.00 bits per heavy atom. The maximum atomic E-state index is 5.99. The van der Waals surface area contributed by atoms with Crippen molar-refractivity contribution in [3.63, 3.8) is 0 Å². The highest BCUT2D eigenvalue weighted by atomic mass is 16.5. The molecule has 0 bridgehead atoms. The van der Waals surface area contributed by atoms with Crippen LogP contribution in [0.4, 0.5) is 5.69 Å². The van der Waals surface area contributed by atoms with Gasteiger partial charge in [-0.15, -0.1) is 0 Å². The molecule has 0 aliphatic carbocycles. The van der Waals surface area contributed by atoms with Gasteiger partial charge in [-0.05, 0) is 45.4 Å². The van der Waals surface area contributed by atoms with Crippen molar-refractivity contribution in [2.75, 3.05) is 24.5 Å². The van der Waals surface area contributed by atoms with Crippen LogP contribution in [0.2, 0.25) is 0 Å². The number of hydrogen-bond donors (Lipinski definition) is 1. The lowest BCUT2D eigenvalue weighted by molar-refractivity contribution is -0.0750. The van der Waals surface area contributed by atoms with E-state index in [9.17, 15) is 0 Å². The molecule has 2 rings (SSSR count). The van der Waals surface area contributed by atoms with Crippen LogP contribution in [-0.4, -0.2) is 36.3 Å². The summed E-state index contributed by atoms with van der Waals surface area (Å²) < 4.78 is 5.99. The maximum absolute atomic E-state index is 5.99. The van der Waals surface area contributed by atoms with Gasteiger partial charge in [0.25, 0.3) is 0 Å². The van der Waals surface area contributed by atoms with Crippen molar-refractivity contribution in [1.82, 2.24) is 10.3 Å². The summed E-state index contributed by atoms with van der Waals surface area (Å²) in [6, 6.07) is 2.12. The number of nitrogens with one attached hydrogen (secondary N) is 1. The Morgan fingerprint density at radius 2 is 2.30 bits per heavy atom. The third kappa shape index (κ3) is 3.93. The van der Waals surface area contributed by atoms with Crippen molar-refractivity contribution in [3.05, 3.63) is 24.0 Å². The normalized spacial score (nSPS) is 22.0. The molecule has 0 spiro atoms. The first kappa shape index (κ1) is 15.3. The van der Waals surface area contributed by atoms with Gasteiger partial charge in [0.15, 0.2) is 0 Å². The van der Waals surface area contributed by atoms with E-state index in [0.29, 0.717) is 0 Å². The van der Waals surface area contributed by atoms with Crippen molar-refractivity contribution in [2.24, 2.45) is 0 Å². The fraction of sp³-hybridized carbons (Fsp3) is 0.688. The van der Waals surface area contributed by atoms with E-state index in [0.717, 1.165) is 32.6 Å². The molecule has 1 aromatic heterocycles. The minimum atomic E-state index is -0.109. The van der Waals surface area contributed by atoms with Gasteiger partial charge in [0, 0.05) is 25.8 Å². The summed E-state index contributed by atoms with van der Waals surface area (Å²) in [5.74, 6) is 0. The summed E-state index contributed by atoms with van der Waals surface area (Å²) in [7, 11) is 0. The Hall–Kier alpha value is -1.13. The van der Waals surface area contributed by atoms with Crippen molar-refractivity contribution >= 4 is 5.69 Å². The molecule has 1 unspecified atom stereocenters. The zero-order valence-corrected chi connectivity index (χ0v) is 13.1. The summed E-state index contributed by atoms with van der Waals surface area (Å²) >= 11 is 0. The van der Waals surface area contributed by atoms with Crippen LogP contribution < -0.4 is 10.2 Å². The van der Waals surface area contributed by atoms with Crippen LogP contribution in [0.5, 0.6) is 0 Å². The van der Waals surface area contributed by atoms with Gasteiger partial charge in [0.2, 0.25) is 0 Å². The Morgan fingerprint density at radius 1 is 1.50 bits per heavy atom. The Labute approximate surface area is 122 Å². The van der Waals surface area contributed by atoms with E-state index in [2.05, 4.69) is 49.0 Å². The largest absolute Gasteiger partial charge is 0.369 e. The van der Waals surface area contributed by atoms with Crippen molar-refractivity contribution in [3.8, 4) is 0 Å². The summed E-state index contributed by atoms with van der Waals surface area (Å²) in [6.45, 7) is 12.4. The summed E-state index contributed by atoms with van der Waals surface area (Å²) in [6.07, 6.45) is 5.26. The monoisotopic (exact) mass is 277 g/mol. The summed E-state index contributed by atoms with van der Waals surface area (Å²) in [5, 5.41) is 3.48. The molecule has 1 aromatic rings. The second-order valence-electron chi connectivity index (χ2n) is 6.25. The van der Waals surface area contributed by atoms with Crippen molar-refractivity contribution < 1.29 is 4.74 Å². The van der Waals surface area contributed by atoms with Gasteiger partial charge >= 0.3 is 0 Å². The topological polar surface area (TPSA) is 37.4 Å². The lowest BCUT2D eigenvalue weighted by atomic mass is 10.0. The molecule has 1 N–H and O–H groups in total. The number of morpholine rings is 1. The van der Waals surface area contributed by atoms with E-state index in [1.165, 1.54) is 11.3 Å². The molecule has 4 nitrogen and oxygen atoms in total. The average molecular weight is 277 g/mol. The van der Waals surface area contributed by atoms with E-state index < -0.39 is 0 Å². The zero-order valence-electron chi connectivity index (χ0n) is 13.1. The minimum Gasteiger partial charge on any atom is -0.369 e. The number of hydrogen-bond acceptors (Lipinski definition) is 4. The number of ether oxygens (including phenoxy) is 1. The average Bonchev–Trinajstić information content (AvgIpc) is 2.37. The highest BCUT2D eigenvalue weighted by Gasteiger charge is 2.32. The van der Waals surface area contributed by atoms with Gasteiger partial charge in [-0.1, -0.05) is 6.92 Å². The third-order valence-corrected chi connectivity index (χ3v) is 3.54. The molecule has 1 fully saturated rings. The molecule has 0 aromatic carbocycles. The van der Waals surface area contributed by atoms with Crippen molar-refractivity contribution in [1.29, 1.82) is 0 Å². The molecule has 4 heteroatoms. The Balaban J connectivity index is 2.14. The fourth-order valence-electron chi connectivity index (χ4n) is 2.89. The van der Waals surface area contributed by atoms with Crippen molar-refractivity contribution in [2.45, 2.75) is 52.4 Å². The molecule has 112 valence electrons. The molecule has 1 aliphatic heterocycles. The van der Waals surface area contributed by atoms with E-state index in [-0.39, 0.29) is 11.7 Å². The molecule has 1 atom stereocenters. The van der Waals surface area contributed by atoms with Crippen LogP contribution in [0.15, 0.2) is 18.5 Å². The number of aromatic nitrogens is 1. The van der Waals surface area contributed by atoms with Crippen LogP contribution in [0.3, 0.4) is 0 Å². The summed E-state index contributed by atoms with van der Waals surface area (Å²) in [4.78, 5) is 6.72. The molecular formula is C16H27N3O. The first-order chi connectivity index (χ1) is 9.52. The lowest BCUT2D eigenvalue weighted by Gasteiger charge is -2.43. The van der Waals surface area contributed by atoms with Gasteiger partial charge in [-0.25, -0.2) is 0 Å². The lowest BCUT2D eigenvalue weighted by Crippen LogP contribution is -2.52. The highest BCUT2D eigenvalue weighted by Crippen LogP contribution is 2.27. The molecule has 1 saturated heterocycles. The van der Waals surface area contributed by atoms with Crippen LogP contribution in [-0.2, 0) is 11.3 Å². The Bertz CT molecular complexity index is 433. The van der Waals surface area contributed by atoms with E-state index >= 15 is 0 Å². The van der Waals surface area contributed by atoms with Gasteiger partial charge in [-0.2, -0.15) is 0 Å². The van der Waals surface area contributed by atoms with Gasteiger partial charge in [-0.3, -0.25) is 4.98 Å². The predicted molar refractivity (Wildman–Crippen MR) is 83.1 cm³/mol. The van der Waals surface area contributed by atoms with E-state index in [1.54, 1.807) is 0 Å². The van der Waals surface area contributed by atoms with Crippen LogP contribution in [0, 0.1) is 0 Å². The zero-order chi connectivity index (χ0) is 14.6. The summed E-state index contributed by atoms with van der Waals surface area (Å²) in [5.41, 5.74) is 2.44. The van der Waals surface area contributed by atoms with Crippen LogP contribution in [0.25, 0.3) is 0 Å². The number of nitrogens with zero attached hydrogens (tertiary/aromatic N) is 2. The second kappa shape index (κ2) is 6.55. The number of anilines is 1. The molecule has 0 radical (unpaired) electrons. The van der Waals surface area contributed by atoms with Gasteiger partial charge in [0.1, 0.15) is 0 Å². The first-order valence-corrected chi connectivity index (χ1v) is 7.58. The quantitative estimate of drug-likeness (QED) is 0.840. The molecule has 0 amide bonds. The van der Waals surface area contributed by atoms with Crippen LogP contribution in [0.1, 0.15) is 39.7 Å². The molecule has 2 heterocycles. The molecule has 0 saturated carbocycles. The molecule has 20 heavy (non-hydrogen) atoms. The van der Waals surface area contributed by atoms with Crippen LogP contribution >= 0.6 is 0 Å².